The minimum Gasteiger partial charge on any atom is -0.462 e. The van der Waals surface area contributed by atoms with E-state index in [1.54, 1.807) is 30.3 Å². The van der Waals surface area contributed by atoms with Gasteiger partial charge in [0, 0.05) is 28.8 Å². The van der Waals surface area contributed by atoms with Crippen LogP contribution in [0.25, 0.3) is 0 Å². The molecule has 0 spiro atoms. The fourth-order valence-corrected chi connectivity index (χ4v) is 4.08. The Morgan fingerprint density at radius 2 is 1.77 bits per heavy atom. The van der Waals surface area contributed by atoms with E-state index in [4.69, 9.17) is 9.47 Å². The molecule has 1 heterocycles. The lowest BCUT2D eigenvalue weighted by Crippen LogP contribution is -2.28. The number of unbranched alkanes of at least 4 members (excludes halogenated alkanes) is 1. The zero-order valence-corrected chi connectivity index (χ0v) is 21.6. The molecule has 0 unspecified atom stereocenters. The first-order chi connectivity index (χ1) is 16.7. The molecule has 186 valence electrons. The Morgan fingerprint density at radius 3 is 2.46 bits per heavy atom. The van der Waals surface area contributed by atoms with Crippen molar-refractivity contribution < 1.29 is 28.7 Å². The van der Waals surface area contributed by atoms with Gasteiger partial charge in [0.2, 0.25) is 5.91 Å². The normalized spacial score (nSPS) is 15.1. The number of carbonyl (C=O) groups excluding carboxylic acids is 4. The van der Waals surface area contributed by atoms with E-state index in [0.717, 1.165) is 28.4 Å². The Bertz CT molecular complexity index is 1120. The van der Waals surface area contributed by atoms with Gasteiger partial charge in [-0.05, 0) is 67.8 Å². The molecule has 0 radical (unpaired) electrons. The highest BCUT2D eigenvalue weighted by Gasteiger charge is 2.36. The summed E-state index contributed by atoms with van der Waals surface area (Å²) >= 11 is 3.45. The second-order valence-electron chi connectivity index (χ2n) is 8.44. The van der Waals surface area contributed by atoms with Gasteiger partial charge in [-0.1, -0.05) is 29.3 Å². The highest BCUT2D eigenvalue weighted by atomic mass is 79.9. The third-order valence-corrected chi connectivity index (χ3v) is 6.80. The van der Waals surface area contributed by atoms with Gasteiger partial charge in [0.15, 0.2) is 6.61 Å². The summed E-state index contributed by atoms with van der Waals surface area (Å²) in [7, 11) is 0. The Kier molecular flexibility index (Phi) is 9.03. The zero-order chi connectivity index (χ0) is 25.5. The average molecular weight is 545 g/mol. The second-order valence-corrected chi connectivity index (χ2v) is 9.30. The van der Waals surface area contributed by atoms with Crippen LogP contribution in [0.4, 0.5) is 11.4 Å². The maximum Gasteiger partial charge on any atom is 0.338 e. The summed E-state index contributed by atoms with van der Waals surface area (Å²) in [5.41, 5.74) is 3.54. The van der Waals surface area contributed by atoms with Gasteiger partial charge in [-0.15, -0.1) is 0 Å². The van der Waals surface area contributed by atoms with Gasteiger partial charge in [-0.3, -0.25) is 14.4 Å². The Hall–Kier alpha value is -3.20. The first-order valence-corrected chi connectivity index (χ1v) is 12.3. The molecule has 0 bridgehead atoms. The molecule has 8 nitrogen and oxygen atoms in total. The van der Waals surface area contributed by atoms with Crippen LogP contribution in [0.2, 0.25) is 0 Å². The first kappa shape index (κ1) is 26.4. The van der Waals surface area contributed by atoms with E-state index in [0.29, 0.717) is 23.5 Å². The maximum atomic E-state index is 12.5. The fourth-order valence-electron chi connectivity index (χ4n) is 3.65. The molecule has 1 atom stereocenters. The summed E-state index contributed by atoms with van der Waals surface area (Å²) < 4.78 is 11.3. The lowest BCUT2D eigenvalue weighted by Gasteiger charge is -2.17. The second kappa shape index (κ2) is 12.0. The number of nitrogens with zero attached hydrogens (tertiary/aromatic N) is 1. The van der Waals surface area contributed by atoms with Crippen LogP contribution in [0.15, 0.2) is 40.9 Å². The predicted octanol–water partition coefficient (Wildman–Crippen LogP) is 4.56. The summed E-state index contributed by atoms with van der Waals surface area (Å²) in [5, 5.41) is 2.75. The molecule has 0 saturated carbocycles. The molecule has 3 rings (SSSR count). The van der Waals surface area contributed by atoms with Crippen LogP contribution in [0.5, 0.6) is 0 Å². The van der Waals surface area contributed by atoms with Crippen LogP contribution in [0.3, 0.4) is 0 Å². The van der Waals surface area contributed by atoms with E-state index in [-0.39, 0.29) is 18.9 Å². The van der Waals surface area contributed by atoms with Gasteiger partial charge in [0.25, 0.3) is 5.91 Å². The van der Waals surface area contributed by atoms with Crippen molar-refractivity contribution in [1.82, 2.24) is 0 Å². The number of anilines is 2. The molecule has 35 heavy (non-hydrogen) atoms. The predicted molar refractivity (Wildman–Crippen MR) is 135 cm³/mol. The summed E-state index contributed by atoms with van der Waals surface area (Å²) in [6.07, 6.45) is 1.73. The number of nitrogens with one attached hydrogen (secondary N) is 1. The third kappa shape index (κ3) is 6.69. The number of hydrogen-bond acceptors (Lipinski definition) is 6. The molecule has 1 N–H and O–H groups in total. The van der Waals surface area contributed by atoms with Crippen LogP contribution in [-0.2, 0) is 23.9 Å². The van der Waals surface area contributed by atoms with Crippen LogP contribution < -0.4 is 10.2 Å². The van der Waals surface area contributed by atoms with Gasteiger partial charge >= 0.3 is 11.9 Å². The van der Waals surface area contributed by atoms with Crippen molar-refractivity contribution in [1.29, 1.82) is 0 Å². The van der Waals surface area contributed by atoms with E-state index in [1.165, 1.54) is 4.90 Å². The molecule has 2 amide bonds. The molecule has 2 aromatic rings. The van der Waals surface area contributed by atoms with E-state index in [1.807, 2.05) is 26.8 Å². The van der Waals surface area contributed by atoms with E-state index < -0.39 is 30.4 Å². The van der Waals surface area contributed by atoms with Crippen molar-refractivity contribution in [2.24, 2.45) is 5.92 Å². The van der Waals surface area contributed by atoms with Crippen LogP contribution in [-0.4, -0.2) is 43.5 Å². The van der Waals surface area contributed by atoms with Gasteiger partial charge in [-0.2, -0.15) is 0 Å². The lowest BCUT2D eigenvalue weighted by atomic mass is 10.1. The largest absolute Gasteiger partial charge is 0.462 e. The van der Waals surface area contributed by atoms with Crippen molar-refractivity contribution in [3.8, 4) is 0 Å². The van der Waals surface area contributed by atoms with Crippen molar-refractivity contribution in [2.45, 2.75) is 40.0 Å². The highest BCUT2D eigenvalue weighted by Crippen LogP contribution is 2.27. The number of rotatable bonds is 9. The molecule has 1 aliphatic heterocycles. The monoisotopic (exact) mass is 544 g/mol. The van der Waals surface area contributed by atoms with Crippen molar-refractivity contribution in [3.05, 3.63) is 57.6 Å². The number of ether oxygens (including phenoxy) is 2. The number of amides is 2. The molecule has 1 fully saturated rings. The molecule has 0 aromatic heterocycles. The van der Waals surface area contributed by atoms with E-state index in [9.17, 15) is 19.2 Å². The molecule has 0 aliphatic carbocycles. The Balaban J connectivity index is 1.52. The van der Waals surface area contributed by atoms with Gasteiger partial charge in [0.1, 0.15) is 0 Å². The number of esters is 2. The highest BCUT2D eigenvalue weighted by molar-refractivity contribution is 9.10. The summed E-state index contributed by atoms with van der Waals surface area (Å²) in [5.74, 6) is -2.37. The van der Waals surface area contributed by atoms with Crippen LogP contribution >= 0.6 is 15.9 Å². The fraction of sp³-hybridized carbons (Fsp3) is 0.385. The molecular weight excluding hydrogens is 516 g/mol. The average Bonchev–Trinajstić information content (AvgIpc) is 3.24. The maximum absolute atomic E-state index is 12.5. The minimum atomic E-state index is -0.675. The molecule has 2 aromatic carbocycles. The topological polar surface area (TPSA) is 102 Å². The van der Waals surface area contributed by atoms with Crippen molar-refractivity contribution in [3.63, 3.8) is 0 Å². The van der Waals surface area contributed by atoms with Gasteiger partial charge in [-0.25, -0.2) is 4.79 Å². The lowest BCUT2D eigenvalue weighted by molar-refractivity contribution is -0.151. The van der Waals surface area contributed by atoms with Crippen molar-refractivity contribution in [2.75, 3.05) is 30.0 Å². The summed E-state index contributed by atoms with van der Waals surface area (Å²) in [4.78, 5) is 50.8. The Labute approximate surface area is 213 Å². The van der Waals surface area contributed by atoms with E-state index in [2.05, 4.69) is 21.2 Å². The molecule has 9 heteroatoms. The minimum absolute atomic E-state index is 0.00766. The summed E-state index contributed by atoms with van der Waals surface area (Å²) in [6, 6.07) is 10.1. The van der Waals surface area contributed by atoms with E-state index >= 15 is 0 Å². The SMILES string of the molecule is CCCCOC(=O)c1ccc(N2C[C@@H](C(=O)OCC(=O)Nc3ccc(Br)c(C)c3C)CC2=O)cc1. The van der Waals surface area contributed by atoms with Crippen LogP contribution in [0.1, 0.15) is 47.7 Å². The number of halogens is 1. The summed E-state index contributed by atoms with van der Waals surface area (Å²) in [6.45, 7) is 5.91. The number of carbonyl (C=O) groups is 4. The standard InChI is InChI=1S/C26H29BrN2O6/c1-4-5-12-34-25(32)18-6-8-20(9-7-18)29-14-19(13-24(29)31)26(33)35-15-23(30)28-22-11-10-21(27)16(2)17(22)3/h6-11,19H,4-5,12-15H2,1-3H3,(H,28,30)/t19-/m0/s1. The van der Waals surface area contributed by atoms with Crippen molar-refractivity contribution >= 4 is 51.1 Å². The quantitative estimate of drug-likeness (QED) is 0.366. The molecular formula is C26H29BrN2O6. The number of benzene rings is 2. The smallest absolute Gasteiger partial charge is 0.338 e. The van der Waals surface area contributed by atoms with Gasteiger partial charge in [0.05, 0.1) is 18.1 Å². The molecule has 1 aliphatic rings. The first-order valence-electron chi connectivity index (χ1n) is 11.5. The number of hydrogen-bond donors (Lipinski definition) is 1. The Morgan fingerprint density at radius 1 is 1.06 bits per heavy atom. The van der Waals surface area contributed by atoms with Gasteiger partial charge < -0.3 is 19.7 Å². The van der Waals surface area contributed by atoms with Crippen LogP contribution in [0, 0.1) is 19.8 Å². The third-order valence-electron chi connectivity index (χ3n) is 5.94. The zero-order valence-electron chi connectivity index (χ0n) is 20.1. The molecule has 1 saturated heterocycles.